The maximum absolute atomic E-state index is 6.20. The van der Waals surface area contributed by atoms with Crippen LogP contribution in [0, 0.1) is 5.41 Å². The van der Waals surface area contributed by atoms with Gasteiger partial charge in [0.2, 0.25) is 0 Å². The van der Waals surface area contributed by atoms with Crippen LogP contribution in [0.2, 0.25) is 10.0 Å². The van der Waals surface area contributed by atoms with Crippen molar-refractivity contribution >= 4 is 53.1 Å². The van der Waals surface area contributed by atoms with E-state index in [-0.39, 0.29) is 35.4 Å². The maximum atomic E-state index is 6.20. The van der Waals surface area contributed by atoms with Crippen molar-refractivity contribution in [3.05, 3.63) is 33.8 Å². The topological polar surface area (TPSA) is 53.6 Å². The van der Waals surface area contributed by atoms with E-state index in [0.717, 1.165) is 12.1 Å². The summed E-state index contributed by atoms with van der Waals surface area (Å²) in [6, 6.07) is 5.40. The summed E-state index contributed by atoms with van der Waals surface area (Å²) in [5.41, 5.74) is 6.99. The van der Waals surface area contributed by atoms with Crippen LogP contribution in [-0.2, 0) is 0 Å². The van der Waals surface area contributed by atoms with Gasteiger partial charge in [-0.25, -0.2) is 0 Å². The molecule has 0 aromatic heterocycles. The summed E-state index contributed by atoms with van der Waals surface area (Å²) >= 11 is 12.1. The third-order valence-corrected chi connectivity index (χ3v) is 3.78. The molecule has 1 aromatic rings. The smallest absolute Gasteiger partial charge is 0.189 e. The lowest BCUT2D eigenvalue weighted by Crippen LogP contribution is -2.36. The number of hydrogen-bond acceptors (Lipinski definition) is 2. The Morgan fingerprint density at radius 2 is 1.96 bits per heavy atom. The van der Waals surface area contributed by atoms with E-state index in [1.54, 1.807) is 6.07 Å². The molecular weight excluding hydrogens is 446 g/mol. The van der Waals surface area contributed by atoms with Crippen LogP contribution in [0.4, 0.5) is 0 Å². The molecule has 0 radical (unpaired) electrons. The second-order valence-corrected chi connectivity index (χ2v) is 7.48. The van der Waals surface area contributed by atoms with Gasteiger partial charge in [0.15, 0.2) is 5.96 Å². The lowest BCUT2D eigenvalue weighted by atomic mass is 9.93. The van der Waals surface area contributed by atoms with Gasteiger partial charge in [-0.1, -0.05) is 43.1 Å². The minimum absolute atomic E-state index is 0. The first-order chi connectivity index (χ1) is 10.1. The Morgan fingerprint density at radius 1 is 1.35 bits per heavy atom. The summed E-state index contributed by atoms with van der Waals surface area (Å²) < 4.78 is 0. The van der Waals surface area contributed by atoms with Crippen LogP contribution in [0.1, 0.15) is 32.4 Å². The average molecular weight is 473 g/mol. The minimum atomic E-state index is -0.0366. The molecule has 0 saturated heterocycles. The third-order valence-electron chi connectivity index (χ3n) is 3.22. The highest BCUT2D eigenvalue weighted by molar-refractivity contribution is 14.0. The van der Waals surface area contributed by atoms with Crippen molar-refractivity contribution in [3.8, 4) is 0 Å². The minimum Gasteiger partial charge on any atom is -0.370 e. The second kappa shape index (κ2) is 9.91. The normalized spacial score (nSPS) is 13.7. The Balaban J connectivity index is 0.00000484. The molecule has 23 heavy (non-hydrogen) atoms. The summed E-state index contributed by atoms with van der Waals surface area (Å²) in [6.07, 6.45) is 0. The van der Waals surface area contributed by atoms with E-state index in [1.165, 1.54) is 0 Å². The summed E-state index contributed by atoms with van der Waals surface area (Å²) in [5, 5.41) is 4.41. The first kappa shape index (κ1) is 22.8. The molecule has 0 aliphatic heterocycles. The standard InChI is InChI=1S/C16H26Cl2N4.HI/c1-11(13-7-6-12(17)8-14(13)18)21-15(19)20-9-16(2,3)10-22(4)5;/h6-8,11H,9-10H2,1-5H3,(H3,19,20,21);1H. The summed E-state index contributed by atoms with van der Waals surface area (Å²) in [4.78, 5) is 6.60. The highest BCUT2D eigenvalue weighted by Crippen LogP contribution is 2.26. The molecule has 1 aromatic carbocycles. The fourth-order valence-electron chi connectivity index (χ4n) is 2.40. The Hall–Kier alpha value is -0.240. The SMILES string of the molecule is CC(NC(N)=NCC(C)(C)CN(C)C)c1ccc(Cl)cc1Cl.I. The van der Waals surface area contributed by atoms with Gasteiger partial charge >= 0.3 is 0 Å². The number of nitrogens with one attached hydrogen (secondary N) is 1. The predicted molar refractivity (Wildman–Crippen MR) is 112 cm³/mol. The van der Waals surface area contributed by atoms with Crippen LogP contribution in [0.3, 0.4) is 0 Å². The van der Waals surface area contributed by atoms with Crippen LogP contribution >= 0.6 is 47.2 Å². The van der Waals surface area contributed by atoms with E-state index in [2.05, 4.69) is 43.2 Å². The van der Waals surface area contributed by atoms with E-state index >= 15 is 0 Å². The zero-order valence-electron chi connectivity index (χ0n) is 14.4. The average Bonchev–Trinajstić information content (AvgIpc) is 2.34. The highest BCUT2D eigenvalue weighted by Gasteiger charge is 2.18. The molecule has 0 fully saturated rings. The number of benzene rings is 1. The van der Waals surface area contributed by atoms with Gasteiger partial charge in [-0.3, -0.25) is 4.99 Å². The molecule has 4 nitrogen and oxygen atoms in total. The molecule has 0 aliphatic rings. The number of nitrogens with zero attached hydrogens (tertiary/aromatic N) is 2. The van der Waals surface area contributed by atoms with E-state index in [9.17, 15) is 0 Å². The van der Waals surface area contributed by atoms with Gasteiger partial charge in [-0.15, -0.1) is 24.0 Å². The molecule has 0 heterocycles. The van der Waals surface area contributed by atoms with Crippen molar-refractivity contribution in [2.24, 2.45) is 16.1 Å². The number of nitrogens with two attached hydrogens (primary N) is 1. The van der Waals surface area contributed by atoms with Crippen molar-refractivity contribution < 1.29 is 0 Å². The number of guanidine groups is 1. The van der Waals surface area contributed by atoms with E-state index in [0.29, 0.717) is 22.5 Å². The molecule has 0 aliphatic carbocycles. The van der Waals surface area contributed by atoms with E-state index in [4.69, 9.17) is 28.9 Å². The molecule has 1 unspecified atom stereocenters. The molecule has 132 valence electrons. The first-order valence-electron chi connectivity index (χ1n) is 7.27. The monoisotopic (exact) mass is 472 g/mol. The molecule has 0 amide bonds. The maximum Gasteiger partial charge on any atom is 0.189 e. The van der Waals surface area contributed by atoms with E-state index < -0.39 is 0 Å². The van der Waals surface area contributed by atoms with Gasteiger partial charge < -0.3 is 16.0 Å². The largest absolute Gasteiger partial charge is 0.370 e. The molecule has 3 N–H and O–H groups in total. The zero-order valence-corrected chi connectivity index (χ0v) is 18.2. The lowest BCUT2D eigenvalue weighted by molar-refractivity contribution is 0.249. The first-order valence-corrected chi connectivity index (χ1v) is 8.02. The molecule has 0 spiro atoms. The van der Waals surface area contributed by atoms with Gasteiger partial charge in [-0.2, -0.15) is 0 Å². The Kier molecular flexibility index (Phi) is 9.81. The number of rotatable bonds is 6. The van der Waals surface area contributed by atoms with E-state index in [1.807, 2.05) is 19.1 Å². The molecule has 7 heteroatoms. The molecule has 1 rings (SSSR count). The van der Waals surface area contributed by atoms with Crippen LogP contribution in [0.15, 0.2) is 23.2 Å². The van der Waals surface area contributed by atoms with Gasteiger partial charge in [0.1, 0.15) is 0 Å². The Morgan fingerprint density at radius 3 is 2.48 bits per heavy atom. The molecule has 0 saturated carbocycles. The van der Waals surface area contributed by atoms with Gasteiger partial charge in [0, 0.05) is 23.1 Å². The second-order valence-electron chi connectivity index (χ2n) is 6.64. The van der Waals surface area contributed by atoms with Gasteiger partial charge in [0.25, 0.3) is 0 Å². The van der Waals surface area contributed by atoms with Crippen LogP contribution < -0.4 is 11.1 Å². The van der Waals surface area contributed by atoms with Crippen molar-refractivity contribution in [2.45, 2.75) is 26.8 Å². The quantitative estimate of drug-likeness (QED) is 0.371. The predicted octanol–water partition coefficient (Wildman–Crippen LogP) is 4.16. The van der Waals surface area contributed by atoms with Crippen molar-refractivity contribution in [1.82, 2.24) is 10.2 Å². The van der Waals surface area contributed by atoms with Crippen molar-refractivity contribution in [3.63, 3.8) is 0 Å². The summed E-state index contributed by atoms with van der Waals surface area (Å²) in [5.74, 6) is 0.422. The zero-order chi connectivity index (χ0) is 16.9. The summed E-state index contributed by atoms with van der Waals surface area (Å²) in [6.45, 7) is 7.93. The molecular formula is C16H27Cl2IN4. The fraction of sp³-hybridized carbons (Fsp3) is 0.562. The number of halogens is 3. The summed E-state index contributed by atoms with van der Waals surface area (Å²) in [7, 11) is 4.11. The Bertz CT molecular complexity index is 533. The fourth-order valence-corrected chi connectivity index (χ4v) is 2.98. The van der Waals surface area contributed by atoms with Crippen molar-refractivity contribution in [1.29, 1.82) is 0 Å². The number of aliphatic imine (C=N–C) groups is 1. The molecule has 1 atom stereocenters. The third kappa shape index (κ3) is 8.42. The van der Waals surface area contributed by atoms with Gasteiger partial charge in [-0.05, 0) is 44.1 Å². The van der Waals surface area contributed by atoms with Crippen LogP contribution in [-0.4, -0.2) is 38.0 Å². The van der Waals surface area contributed by atoms with Crippen LogP contribution in [0.5, 0.6) is 0 Å². The highest BCUT2D eigenvalue weighted by atomic mass is 127. The number of hydrogen-bond donors (Lipinski definition) is 2. The van der Waals surface area contributed by atoms with Gasteiger partial charge in [0.05, 0.1) is 6.04 Å². The Labute approximate surface area is 166 Å². The lowest BCUT2D eigenvalue weighted by Gasteiger charge is -2.26. The molecule has 0 bridgehead atoms. The van der Waals surface area contributed by atoms with Crippen LogP contribution in [0.25, 0.3) is 0 Å². The van der Waals surface area contributed by atoms with Crippen molar-refractivity contribution in [2.75, 3.05) is 27.2 Å².